The summed E-state index contributed by atoms with van der Waals surface area (Å²) in [6.07, 6.45) is 5.80. The second-order valence-electron chi connectivity index (χ2n) is 5.21. The van der Waals surface area contributed by atoms with E-state index >= 15 is 0 Å². The van der Waals surface area contributed by atoms with E-state index in [2.05, 4.69) is 21.8 Å². The summed E-state index contributed by atoms with van der Waals surface area (Å²) < 4.78 is 2.03. The molecule has 0 radical (unpaired) electrons. The van der Waals surface area contributed by atoms with Gasteiger partial charge >= 0.3 is 0 Å². The standard InChI is InChI=1S/C12H20N4S/c13-10-3-4-12-14-11(15-16(12)7-10)6-9-2-1-5-17-8-9/h9-10H,1-8,13H2. The van der Waals surface area contributed by atoms with E-state index in [1.54, 1.807) is 0 Å². The molecule has 0 aromatic carbocycles. The number of aromatic nitrogens is 3. The second-order valence-corrected chi connectivity index (χ2v) is 6.36. The Labute approximate surface area is 106 Å². The van der Waals surface area contributed by atoms with Gasteiger partial charge in [0, 0.05) is 18.9 Å². The van der Waals surface area contributed by atoms with Crippen LogP contribution in [0.25, 0.3) is 0 Å². The summed E-state index contributed by atoms with van der Waals surface area (Å²) in [7, 11) is 0. The first-order valence-corrected chi connectivity index (χ1v) is 7.72. The normalized spacial score (nSPS) is 29.0. The van der Waals surface area contributed by atoms with Crippen LogP contribution in [0.15, 0.2) is 0 Å². The molecule has 2 unspecified atom stereocenters. The van der Waals surface area contributed by atoms with Crippen LogP contribution in [0.3, 0.4) is 0 Å². The quantitative estimate of drug-likeness (QED) is 0.860. The van der Waals surface area contributed by atoms with Gasteiger partial charge in [-0.1, -0.05) is 0 Å². The molecule has 1 fully saturated rings. The Morgan fingerprint density at radius 1 is 1.41 bits per heavy atom. The maximum Gasteiger partial charge on any atom is 0.151 e. The van der Waals surface area contributed by atoms with Gasteiger partial charge in [0.15, 0.2) is 5.82 Å². The number of nitrogens with zero attached hydrogens (tertiary/aromatic N) is 3. The molecule has 3 heterocycles. The topological polar surface area (TPSA) is 56.7 Å². The Bertz CT molecular complexity index is 384. The monoisotopic (exact) mass is 252 g/mol. The van der Waals surface area contributed by atoms with Gasteiger partial charge in [-0.05, 0) is 36.7 Å². The van der Waals surface area contributed by atoms with Crippen molar-refractivity contribution in [3.63, 3.8) is 0 Å². The van der Waals surface area contributed by atoms with E-state index in [1.807, 2.05) is 4.68 Å². The van der Waals surface area contributed by atoms with Crippen LogP contribution in [0, 0.1) is 5.92 Å². The Kier molecular flexibility index (Phi) is 3.38. The van der Waals surface area contributed by atoms with Gasteiger partial charge in [-0.15, -0.1) is 0 Å². The van der Waals surface area contributed by atoms with Crippen LogP contribution >= 0.6 is 11.8 Å². The van der Waals surface area contributed by atoms with E-state index in [4.69, 9.17) is 5.73 Å². The number of thioether (sulfide) groups is 1. The summed E-state index contributed by atoms with van der Waals surface area (Å²) in [4.78, 5) is 4.67. The molecule has 0 spiro atoms. The lowest BCUT2D eigenvalue weighted by atomic mass is 10.0. The second kappa shape index (κ2) is 4.98. The summed E-state index contributed by atoms with van der Waals surface area (Å²) in [5.74, 6) is 5.58. The molecule has 2 N–H and O–H groups in total. The fourth-order valence-corrected chi connectivity index (χ4v) is 3.85. The van der Waals surface area contributed by atoms with Crippen molar-refractivity contribution in [2.45, 2.75) is 44.7 Å². The van der Waals surface area contributed by atoms with Gasteiger partial charge in [0.1, 0.15) is 5.82 Å². The van der Waals surface area contributed by atoms with Gasteiger partial charge < -0.3 is 5.73 Å². The highest BCUT2D eigenvalue weighted by molar-refractivity contribution is 7.99. The predicted molar refractivity (Wildman–Crippen MR) is 70.1 cm³/mol. The third-order valence-electron chi connectivity index (χ3n) is 3.66. The summed E-state index contributed by atoms with van der Waals surface area (Å²) in [6, 6.07) is 0.266. The summed E-state index contributed by atoms with van der Waals surface area (Å²) in [6.45, 7) is 0.849. The molecular weight excluding hydrogens is 232 g/mol. The highest BCUT2D eigenvalue weighted by Crippen LogP contribution is 2.25. The molecule has 2 atom stereocenters. The van der Waals surface area contributed by atoms with Crippen LogP contribution in [0.1, 0.15) is 30.9 Å². The first-order chi connectivity index (χ1) is 8.31. The molecule has 1 aromatic heterocycles. The molecule has 94 valence electrons. The van der Waals surface area contributed by atoms with Gasteiger partial charge in [-0.25, -0.2) is 9.67 Å². The van der Waals surface area contributed by atoms with Gasteiger partial charge in [-0.2, -0.15) is 16.9 Å². The number of aryl methyl sites for hydroxylation is 1. The van der Waals surface area contributed by atoms with E-state index in [0.717, 1.165) is 43.4 Å². The molecule has 5 heteroatoms. The van der Waals surface area contributed by atoms with Gasteiger partial charge in [-0.3, -0.25) is 0 Å². The minimum absolute atomic E-state index is 0.266. The number of hydrogen-bond acceptors (Lipinski definition) is 4. The largest absolute Gasteiger partial charge is 0.326 e. The molecule has 1 aromatic rings. The predicted octanol–water partition coefficient (Wildman–Crippen LogP) is 1.24. The van der Waals surface area contributed by atoms with Gasteiger partial charge in [0.2, 0.25) is 0 Å². The van der Waals surface area contributed by atoms with Crippen LogP contribution in [0.2, 0.25) is 0 Å². The van der Waals surface area contributed by atoms with Gasteiger partial charge in [0.05, 0.1) is 6.54 Å². The lowest BCUT2D eigenvalue weighted by Crippen LogP contribution is -2.32. The van der Waals surface area contributed by atoms with Crippen molar-refractivity contribution in [3.05, 3.63) is 11.6 Å². The molecule has 0 saturated carbocycles. The average molecular weight is 252 g/mol. The van der Waals surface area contributed by atoms with Crippen LogP contribution in [0.4, 0.5) is 0 Å². The first kappa shape index (κ1) is 11.5. The zero-order valence-electron chi connectivity index (χ0n) is 10.1. The number of fused-ring (bicyclic) bond motifs is 1. The van der Waals surface area contributed by atoms with Crippen LogP contribution < -0.4 is 5.73 Å². The number of nitrogens with two attached hydrogens (primary N) is 1. The Balaban J connectivity index is 1.67. The van der Waals surface area contributed by atoms with Crippen LogP contribution in [-0.2, 0) is 19.4 Å². The van der Waals surface area contributed by atoms with Crippen molar-refractivity contribution in [3.8, 4) is 0 Å². The van der Waals surface area contributed by atoms with Crippen molar-refractivity contribution in [2.75, 3.05) is 11.5 Å². The Morgan fingerprint density at radius 3 is 3.18 bits per heavy atom. The van der Waals surface area contributed by atoms with E-state index in [1.165, 1.54) is 24.3 Å². The first-order valence-electron chi connectivity index (χ1n) is 6.57. The molecule has 2 aliphatic rings. The van der Waals surface area contributed by atoms with Crippen LogP contribution in [-0.4, -0.2) is 32.3 Å². The molecule has 4 nitrogen and oxygen atoms in total. The number of rotatable bonds is 2. The average Bonchev–Trinajstić information content (AvgIpc) is 2.71. The Hall–Kier alpha value is -0.550. The van der Waals surface area contributed by atoms with E-state index in [0.29, 0.717) is 0 Å². The molecule has 0 aliphatic carbocycles. The summed E-state index contributed by atoms with van der Waals surface area (Å²) in [5.41, 5.74) is 5.95. The molecule has 2 aliphatic heterocycles. The highest BCUT2D eigenvalue weighted by atomic mass is 32.2. The molecule has 0 amide bonds. The van der Waals surface area contributed by atoms with Crippen molar-refractivity contribution < 1.29 is 0 Å². The molecule has 1 saturated heterocycles. The summed E-state index contributed by atoms with van der Waals surface area (Å²) in [5, 5.41) is 4.61. The van der Waals surface area contributed by atoms with E-state index < -0.39 is 0 Å². The third kappa shape index (κ3) is 2.65. The molecule has 3 rings (SSSR count). The molecule has 17 heavy (non-hydrogen) atoms. The Morgan fingerprint density at radius 2 is 2.35 bits per heavy atom. The van der Waals surface area contributed by atoms with Crippen molar-refractivity contribution in [1.82, 2.24) is 14.8 Å². The zero-order valence-corrected chi connectivity index (χ0v) is 11.0. The highest BCUT2D eigenvalue weighted by Gasteiger charge is 2.21. The van der Waals surface area contributed by atoms with E-state index in [9.17, 15) is 0 Å². The molecular formula is C12H20N4S. The van der Waals surface area contributed by atoms with Crippen molar-refractivity contribution >= 4 is 11.8 Å². The lowest BCUT2D eigenvalue weighted by molar-refractivity contribution is 0.419. The lowest BCUT2D eigenvalue weighted by Gasteiger charge is -2.19. The maximum absolute atomic E-state index is 5.95. The smallest absolute Gasteiger partial charge is 0.151 e. The van der Waals surface area contributed by atoms with Gasteiger partial charge in [0.25, 0.3) is 0 Å². The zero-order chi connectivity index (χ0) is 11.7. The molecule has 0 bridgehead atoms. The fraction of sp³-hybridized carbons (Fsp3) is 0.833. The van der Waals surface area contributed by atoms with Crippen molar-refractivity contribution in [1.29, 1.82) is 0 Å². The minimum Gasteiger partial charge on any atom is -0.326 e. The number of hydrogen-bond donors (Lipinski definition) is 1. The fourth-order valence-electron chi connectivity index (χ4n) is 2.70. The van der Waals surface area contributed by atoms with E-state index in [-0.39, 0.29) is 6.04 Å². The summed E-state index contributed by atoms with van der Waals surface area (Å²) >= 11 is 2.08. The third-order valence-corrected chi connectivity index (χ3v) is 4.95. The minimum atomic E-state index is 0.266. The maximum atomic E-state index is 5.95. The SMILES string of the molecule is NC1CCc2nc(CC3CCCSC3)nn2C1. The van der Waals surface area contributed by atoms with Crippen molar-refractivity contribution in [2.24, 2.45) is 11.7 Å². The van der Waals surface area contributed by atoms with Crippen LogP contribution in [0.5, 0.6) is 0 Å².